The van der Waals surface area contributed by atoms with E-state index in [2.05, 4.69) is 29.2 Å². The van der Waals surface area contributed by atoms with Gasteiger partial charge in [-0.25, -0.2) is 9.67 Å². The third-order valence-corrected chi connectivity index (χ3v) is 6.53. The van der Waals surface area contributed by atoms with Crippen LogP contribution in [-0.4, -0.2) is 62.1 Å². The quantitative estimate of drug-likeness (QED) is 0.555. The number of fused-ring (bicyclic) bond motifs is 2. The van der Waals surface area contributed by atoms with Crippen molar-refractivity contribution in [2.45, 2.75) is 31.5 Å². The number of aromatic nitrogens is 4. The van der Waals surface area contributed by atoms with Crippen molar-refractivity contribution in [1.29, 1.82) is 0 Å². The molecule has 4 rings (SSSR count). The van der Waals surface area contributed by atoms with E-state index in [0.717, 1.165) is 25.3 Å². The van der Waals surface area contributed by atoms with Crippen LogP contribution in [0.2, 0.25) is 0 Å². The van der Waals surface area contributed by atoms with E-state index < -0.39 is 0 Å². The Morgan fingerprint density at radius 2 is 2.03 bits per heavy atom. The first-order valence-electron chi connectivity index (χ1n) is 10.3. The Labute approximate surface area is 179 Å². The van der Waals surface area contributed by atoms with E-state index in [1.165, 1.54) is 11.8 Å². The standard InChI is InChI=1S/C21H26N6O2S/c1-3-25(4-2)11-10-22-18(28)12-16-14-30-21-24-19-17(20(29)26(16)21)13-23-27(19)15-8-6-5-7-9-15/h5-9,13,16H,3-4,10-12,14H2,1-2H3,(H,22,28)/t16-/m1/s1. The maximum Gasteiger partial charge on any atom is 0.265 e. The molecule has 30 heavy (non-hydrogen) atoms. The Morgan fingerprint density at radius 3 is 2.77 bits per heavy atom. The molecule has 1 aliphatic heterocycles. The summed E-state index contributed by atoms with van der Waals surface area (Å²) in [7, 11) is 0. The van der Waals surface area contributed by atoms with E-state index in [-0.39, 0.29) is 23.9 Å². The zero-order chi connectivity index (χ0) is 21.1. The smallest absolute Gasteiger partial charge is 0.265 e. The number of carbonyl (C=O) groups excluding carboxylic acids is 1. The number of thioether (sulfide) groups is 1. The van der Waals surface area contributed by atoms with E-state index in [1.54, 1.807) is 15.4 Å². The van der Waals surface area contributed by atoms with Gasteiger partial charge >= 0.3 is 0 Å². The first-order chi connectivity index (χ1) is 14.6. The number of nitrogens with one attached hydrogen (secondary N) is 1. The molecule has 0 saturated heterocycles. The second-order valence-electron chi connectivity index (χ2n) is 7.24. The largest absolute Gasteiger partial charge is 0.355 e. The van der Waals surface area contributed by atoms with Gasteiger partial charge in [0.25, 0.3) is 5.56 Å². The van der Waals surface area contributed by atoms with Gasteiger partial charge in [-0.1, -0.05) is 43.8 Å². The summed E-state index contributed by atoms with van der Waals surface area (Å²) in [5.41, 5.74) is 1.27. The molecule has 0 bridgehead atoms. The van der Waals surface area contributed by atoms with Gasteiger partial charge in [-0.15, -0.1) is 0 Å². The van der Waals surface area contributed by atoms with Crippen molar-refractivity contribution in [1.82, 2.24) is 29.5 Å². The number of likely N-dealkylation sites (N-methyl/N-ethyl adjacent to an activating group) is 1. The summed E-state index contributed by atoms with van der Waals surface area (Å²) in [6.07, 6.45) is 1.84. The van der Waals surface area contributed by atoms with Gasteiger partial charge in [-0.2, -0.15) is 5.10 Å². The molecule has 3 heterocycles. The molecule has 158 valence electrons. The molecular formula is C21H26N6O2S. The lowest BCUT2D eigenvalue weighted by molar-refractivity contribution is -0.121. The van der Waals surface area contributed by atoms with Crippen LogP contribution in [0.5, 0.6) is 0 Å². The predicted octanol–water partition coefficient (Wildman–Crippen LogP) is 2.08. The highest BCUT2D eigenvalue weighted by atomic mass is 32.2. The molecule has 1 aromatic carbocycles. The zero-order valence-corrected chi connectivity index (χ0v) is 18.1. The maximum atomic E-state index is 13.2. The maximum absolute atomic E-state index is 13.2. The van der Waals surface area contributed by atoms with Crippen molar-refractivity contribution in [2.75, 3.05) is 31.9 Å². The van der Waals surface area contributed by atoms with Gasteiger partial charge in [-0.3, -0.25) is 14.2 Å². The number of benzene rings is 1. The van der Waals surface area contributed by atoms with Crippen molar-refractivity contribution >= 4 is 28.7 Å². The van der Waals surface area contributed by atoms with Crippen LogP contribution in [0.3, 0.4) is 0 Å². The van der Waals surface area contributed by atoms with E-state index in [4.69, 9.17) is 4.98 Å². The van der Waals surface area contributed by atoms with Crippen LogP contribution in [0.25, 0.3) is 16.7 Å². The van der Waals surface area contributed by atoms with Gasteiger partial charge in [0.1, 0.15) is 5.39 Å². The molecule has 2 aromatic heterocycles. The number of amides is 1. The normalized spacial score (nSPS) is 15.6. The van der Waals surface area contributed by atoms with Crippen LogP contribution in [0.1, 0.15) is 26.3 Å². The molecule has 1 amide bonds. The average molecular weight is 427 g/mol. The Balaban J connectivity index is 1.52. The van der Waals surface area contributed by atoms with Crippen LogP contribution >= 0.6 is 11.8 Å². The fourth-order valence-electron chi connectivity index (χ4n) is 3.72. The van der Waals surface area contributed by atoms with E-state index in [0.29, 0.717) is 28.5 Å². The van der Waals surface area contributed by atoms with Gasteiger partial charge in [-0.05, 0) is 25.2 Å². The number of rotatable bonds is 8. The van der Waals surface area contributed by atoms with Crippen LogP contribution in [0, 0.1) is 0 Å². The lowest BCUT2D eigenvalue weighted by Gasteiger charge is -2.18. The van der Waals surface area contributed by atoms with E-state index in [1.807, 2.05) is 30.3 Å². The van der Waals surface area contributed by atoms with Crippen molar-refractivity contribution in [3.8, 4) is 5.69 Å². The van der Waals surface area contributed by atoms with Gasteiger partial charge in [0.15, 0.2) is 10.8 Å². The summed E-state index contributed by atoms with van der Waals surface area (Å²) < 4.78 is 3.35. The van der Waals surface area contributed by atoms with Gasteiger partial charge in [0.05, 0.1) is 17.9 Å². The Hall–Kier alpha value is -2.65. The highest BCUT2D eigenvalue weighted by molar-refractivity contribution is 7.99. The SMILES string of the molecule is CCN(CC)CCNC(=O)C[C@@H]1CSc2nc3c(cnn3-c3ccccc3)c(=O)n21. The number of carbonyl (C=O) groups is 1. The third kappa shape index (κ3) is 3.99. The Bertz CT molecular complexity index is 1090. The van der Waals surface area contributed by atoms with Gasteiger partial charge < -0.3 is 10.2 Å². The minimum Gasteiger partial charge on any atom is -0.355 e. The zero-order valence-electron chi connectivity index (χ0n) is 17.2. The van der Waals surface area contributed by atoms with Gasteiger partial charge in [0.2, 0.25) is 5.91 Å². The molecule has 8 nitrogen and oxygen atoms in total. The van der Waals surface area contributed by atoms with E-state index in [9.17, 15) is 9.59 Å². The first kappa shape index (κ1) is 20.6. The number of nitrogens with zero attached hydrogens (tertiary/aromatic N) is 5. The topological polar surface area (TPSA) is 85.1 Å². The lowest BCUT2D eigenvalue weighted by Crippen LogP contribution is -2.36. The molecular weight excluding hydrogens is 400 g/mol. The number of hydrogen-bond donors (Lipinski definition) is 1. The molecule has 0 aliphatic carbocycles. The molecule has 3 aromatic rings. The minimum absolute atomic E-state index is 0.0346. The summed E-state index contributed by atoms with van der Waals surface area (Å²) in [5, 5.41) is 8.47. The van der Waals surface area contributed by atoms with Crippen molar-refractivity contribution in [3.05, 3.63) is 46.9 Å². The second kappa shape index (κ2) is 9.01. The molecule has 1 N–H and O–H groups in total. The molecule has 0 fully saturated rings. The molecule has 1 aliphatic rings. The first-order valence-corrected chi connectivity index (χ1v) is 11.3. The fourth-order valence-corrected chi connectivity index (χ4v) is 4.85. The average Bonchev–Trinajstić information content (AvgIpc) is 3.37. The Kier molecular flexibility index (Phi) is 6.19. The number of para-hydroxylation sites is 1. The summed E-state index contributed by atoms with van der Waals surface area (Å²) >= 11 is 1.51. The van der Waals surface area contributed by atoms with Crippen LogP contribution in [0.4, 0.5) is 0 Å². The van der Waals surface area contributed by atoms with Crippen molar-refractivity contribution in [3.63, 3.8) is 0 Å². The molecule has 0 unspecified atom stereocenters. The lowest BCUT2D eigenvalue weighted by atomic mass is 10.2. The molecule has 1 atom stereocenters. The summed E-state index contributed by atoms with van der Waals surface area (Å²) in [6, 6.07) is 9.44. The highest BCUT2D eigenvalue weighted by Crippen LogP contribution is 2.33. The van der Waals surface area contributed by atoms with Gasteiger partial charge in [0, 0.05) is 25.3 Å². The monoisotopic (exact) mass is 426 g/mol. The summed E-state index contributed by atoms with van der Waals surface area (Å²) in [4.78, 5) is 32.6. The predicted molar refractivity (Wildman–Crippen MR) is 118 cm³/mol. The third-order valence-electron chi connectivity index (χ3n) is 5.44. The second-order valence-corrected chi connectivity index (χ2v) is 8.23. The number of hydrogen-bond acceptors (Lipinski definition) is 6. The van der Waals surface area contributed by atoms with Crippen LogP contribution < -0.4 is 10.9 Å². The van der Waals surface area contributed by atoms with Crippen molar-refractivity contribution < 1.29 is 4.79 Å². The summed E-state index contributed by atoms with van der Waals surface area (Å²) in [6.45, 7) is 7.59. The molecule has 0 radical (unpaired) electrons. The Morgan fingerprint density at radius 1 is 1.27 bits per heavy atom. The van der Waals surface area contributed by atoms with Crippen LogP contribution in [-0.2, 0) is 4.79 Å². The summed E-state index contributed by atoms with van der Waals surface area (Å²) in [5.74, 6) is 0.629. The molecule has 0 saturated carbocycles. The molecule has 9 heteroatoms. The molecule has 0 spiro atoms. The van der Waals surface area contributed by atoms with Crippen LogP contribution in [0.15, 0.2) is 46.5 Å². The highest BCUT2D eigenvalue weighted by Gasteiger charge is 2.29. The minimum atomic E-state index is -0.192. The fraction of sp³-hybridized carbons (Fsp3) is 0.429. The van der Waals surface area contributed by atoms with E-state index >= 15 is 0 Å². The van der Waals surface area contributed by atoms with Crippen molar-refractivity contribution in [2.24, 2.45) is 0 Å².